The van der Waals surface area contributed by atoms with E-state index < -0.39 is 11.8 Å². The van der Waals surface area contributed by atoms with Crippen LogP contribution in [0.1, 0.15) is 33.6 Å². The first-order valence-corrected chi connectivity index (χ1v) is 4.76. The molecule has 0 aromatic heterocycles. The van der Waals surface area contributed by atoms with E-state index in [1.165, 1.54) is 0 Å². The van der Waals surface area contributed by atoms with Crippen molar-refractivity contribution in [1.82, 2.24) is 0 Å². The van der Waals surface area contributed by atoms with E-state index in [2.05, 4.69) is 11.3 Å². The zero-order chi connectivity index (χ0) is 11.1. The summed E-state index contributed by atoms with van der Waals surface area (Å²) in [4.78, 5) is 11.0. The van der Waals surface area contributed by atoms with Crippen molar-refractivity contribution >= 4 is 5.97 Å². The Balaban J connectivity index is 4.57. The first-order valence-electron chi connectivity index (χ1n) is 4.76. The van der Waals surface area contributed by atoms with Gasteiger partial charge in [0.05, 0.1) is 6.61 Å². The summed E-state index contributed by atoms with van der Waals surface area (Å²) in [6, 6.07) is 0. The highest BCUT2D eigenvalue weighted by molar-refractivity contribution is 5.87. The third kappa shape index (κ3) is 3.73. The topological polar surface area (TPSA) is 26.3 Å². The molecule has 0 spiro atoms. The van der Waals surface area contributed by atoms with Crippen molar-refractivity contribution in [2.75, 3.05) is 6.61 Å². The highest BCUT2D eigenvalue weighted by Crippen LogP contribution is 2.19. The van der Waals surface area contributed by atoms with Gasteiger partial charge in [0.2, 0.25) is 5.83 Å². The molecule has 3 heteroatoms. The molecule has 0 rings (SSSR count). The summed E-state index contributed by atoms with van der Waals surface area (Å²) in [6.07, 6.45) is 1.57. The summed E-state index contributed by atoms with van der Waals surface area (Å²) in [7, 11) is 0. The van der Waals surface area contributed by atoms with Crippen LogP contribution in [0.2, 0.25) is 0 Å². The minimum Gasteiger partial charge on any atom is -0.461 e. The van der Waals surface area contributed by atoms with Crippen molar-refractivity contribution in [2.45, 2.75) is 33.6 Å². The number of hydrogen-bond donors (Lipinski definition) is 0. The summed E-state index contributed by atoms with van der Waals surface area (Å²) < 4.78 is 17.8. The lowest BCUT2D eigenvalue weighted by Gasteiger charge is -2.06. The Morgan fingerprint density at radius 1 is 1.43 bits per heavy atom. The molecule has 0 saturated carbocycles. The quantitative estimate of drug-likeness (QED) is 0.387. The molecule has 14 heavy (non-hydrogen) atoms. The van der Waals surface area contributed by atoms with Gasteiger partial charge < -0.3 is 4.74 Å². The van der Waals surface area contributed by atoms with Crippen molar-refractivity contribution in [3.05, 3.63) is 23.6 Å². The molecule has 0 aromatic carbocycles. The van der Waals surface area contributed by atoms with Gasteiger partial charge in [-0.05, 0) is 31.4 Å². The normalized spacial score (nSPS) is 12.0. The molecule has 0 unspecified atom stereocenters. The molecule has 0 bridgehead atoms. The summed E-state index contributed by atoms with van der Waals surface area (Å²) in [5.74, 6) is -1.73. The van der Waals surface area contributed by atoms with E-state index >= 15 is 0 Å². The van der Waals surface area contributed by atoms with E-state index in [-0.39, 0.29) is 6.61 Å². The summed E-state index contributed by atoms with van der Waals surface area (Å²) in [5, 5.41) is 0. The maximum Gasteiger partial charge on any atom is 0.367 e. The van der Waals surface area contributed by atoms with Crippen LogP contribution in [0.4, 0.5) is 4.39 Å². The monoisotopic (exact) mass is 200 g/mol. The number of allylic oxidation sites excluding steroid dienone is 2. The molecule has 2 nitrogen and oxygen atoms in total. The third-order valence-corrected chi connectivity index (χ3v) is 1.87. The molecule has 0 aliphatic carbocycles. The predicted molar refractivity (Wildman–Crippen MR) is 54.5 cm³/mol. The van der Waals surface area contributed by atoms with Crippen molar-refractivity contribution in [2.24, 2.45) is 0 Å². The van der Waals surface area contributed by atoms with Gasteiger partial charge in [-0.1, -0.05) is 19.9 Å². The van der Waals surface area contributed by atoms with Crippen LogP contribution in [0.5, 0.6) is 0 Å². The number of hydrogen-bond acceptors (Lipinski definition) is 2. The average molecular weight is 200 g/mol. The van der Waals surface area contributed by atoms with Crippen molar-refractivity contribution in [1.29, 1.82) is 0 Å². The first kappa shape index (κ1) is 12.9. The molecular formula is C11H17FO2. The number of esters is 1. The highest BCUT2D eigenvalue weighted by atomic mass is 19.1. The van der Waals surface area contributed by atoms with Gasteiger partial charge in [-0.25, -0.2) is 4.79 Å². The van der Waals surface area contributed by atoms with Crippen LogP contribution < -0.4 is 0 Å². The van der Waals surface area contributed by atoms with E-state index in [0.717, 1.165) is 6.42 Å². The smallest absolute Gasteiger partial charge is 0.367 e. The van der Waals surface area contributed by atoms with Crippen LogP contribution in [-0.2, 0) is 9.53 Å². The summed E-state index contributed by atoms with van der Waals surface area (Å²) >= 11 is 0. The van der Waals surface area contributed by atoms with Gasteiger partial charge >= 0.3 is 5.97 Å². The molecule has 0 aliphatic rings. The second-order valence-corrected chi connectivity index (χ2v) is 3.01. The van der Waals surface area contributed by atoms with Crippen molar-refractivity contribution < 1.29 is 13.9 Å². The maximum absolute atomic E-state index is 13.3. The second kappa shape index (κ2) is 6.35. The van der Waals surface area contributed by atoms with Crippen LogP contribution in [0, 0.1) is 0 Å². The van der Waals surface area contributed by atoms with Gasteiger partial charge in [0, 0.05) is 0 Å². The first-order chi connectivity index (χ1) is 6.54. The standard InChI is InChI=1S/C11H17FO2/c1-5-7-8(3)9(4)10(12)11(13)14-6-2/h3,5-7H2,1-2,4H3/b10-9-. The Morgan fingerprint density at radius 2 is 2.00 bits per heavy atom. The third-order valence-electron chi connectivity index (χ3n) is 1.87. The molecule has 0 fully saturated rings. The molecule has 0 aliphatic heterocycles. The Hall–Kier alpha value is -1.12. The molecule has 0 N–H and O–H groups in total. The van der Waals surface area contributed by atoms with Crippen molar-refractivity contribution in [3.8, 4) is 0 Å². The van der Waals surface area contributed by atoms with Crippen molar-refractivity contribution in [3.63, 3.8) is 0 Å². The molecular weight excluding hydrogens is 183 g/mol. The number of halogens is 1. The Kier molecular flexibility index (Phi) is 5.84. The minimum atomic E-state index is -0.901. The van der Waals surface area contributed by atoms with Crippen LogP contribution in [0.15, 0.2) is 23.6 Å². The van der Waals surface area contributed by atoms with Crippen LogP contribution in [0.25, 0.3) is 0 Å². The second-order valence-electron chi connectivity index (χ2n) is 3.01. The van der Waals surface area contributed by atoms with Crippen LogP contribution >= 0.6 is 0 Å². The fourth-order valence-corrected chi connectivity index (χ4v) is 0.992. The van der Waals surface area contributed by atoms with Gasteiger partial charge in [-0.3, -0.25) is 0 Å². The zero-order valence-corrected chi connectivity index (χ0v) is 9.02. The van der Waals surface area contributed by atoms with Crippen LogP contribution in [-0.4, -0.2) is 12.6 Å². The van der Waals surface area contributed by atoms with E-state index in [1.807, 2.05) is 6.92 Å². The maximum atomic E-state index is 13.3. The summed E-state index contributed by atoms with van der Waals surface area (Å²) in [5.41, 5.74) is 0.948. The number of carbonyl (C=O) groups is 1. The number of ether oxygens (including phenoxy) is 1. The highest BCUT2D eigenvalue weighted by Gasteiger charge is 2.14. The van der Waals surface area contributed by atoms with E-state index in [9.17, 15) is 9.18 Å². The Morgan fingerprint density at radius 3 is 2.43 bits per heavy atom. The molecule has 80 valence electrons. The molecule has 0 amide bonds. The van der Waals surface area contributed by atoms with Gasteiger partial charge in [0.1, 0.15) is 0 Å². The lowest BCUT2D eigenvalue weighted by molar-refractivity contribution is -0.140. The van der Waals surface area contributed by atoms with Crippen LogP contribution in [0.3, 0.4) is 0 Å². The Labute approximate surface area is 84.5 Å². The van der Waals surface area contributed by atoms with E-state index in [4.69, 9.17) is 0 Å². The Bertz CT molecular complexity index is 228. The average Bonchev–Trinajstić information content (AvgIpc) is 2.16. The minimum absolute atomic E-state index is 0.180. The lowest BCUT2D eigenvalue weighted by Crippen LogP contribution is -2.06. The van der Waals surface area contributed by atoms with Gasteiger partial charge in [0.25, 0.3) is 0 Å². The predicted octanol–water partition coefficient (Wildman–Crippen LogP) is 3.15. The SMILES string of the molecule is C=C(CCC)/C(C)=C(\F)C(=O)OCC. The lowest BCUT2D eigenvalue weighted by atomic mass is 10.0. The fourth-order valence-electron chi connectivity index (χ4n) is 0.992. The molecule has 0 radical (unpaired) electrons. The fraction of sp³-hybridized carbons (Fsp3) is 0.545. The largest absolute Gasteiger partial charge is 0.461 e. The molecule has 0 heterocycles. The van der Waals surface area contributed by atoms with E-state index in [1.54, 1.807) is 13.8 Å². The van der Waals surface area contributed by atoms with E-state index in [0.29, 0.717) is 17.6 Å². The number of rotatable bonds is 5. The molecule has 0 aromatic rings. The number of carbonyl (C=O) groups excluding carboxylic acids is 1. The molecule has 0 saturated heterocycles. The van der Waals surface area contributed by atoms with Gasteiger partial charge in [-0.2, -0.15) is 4.39 Å². The molecule has 0 atom stereocenters. The van der Waals surface area contributed by atoms with Gasteiger partial charge in [-0.15, -0.1) is 0 Å². The van der Waals surface area contributed by atoms with Gasteiger partial charge in [0.15, 0.2) is 0 Å². The summed E-state index contributed by atoms with van der Waals surface area (Å²) in [6.45, 7) is 9.04. The zero-order valence-electron chi connectivity index (χ0n) is 9.02.